The van der Waals surface area contributed by atoms with Gasteiger partial charge in [-0.3, -0.25) is 4.79 Å². The van der Waals surface area contributed by atoms with Gasteiger partial charge < -0.3 is 14.1 Å². The number of allylic oxidation sites excluding steroid dienone is 2. The maximum absolute atomic E-state index is 14.4. The van der Waals surface area contributed by atoms with Crippen molar-refractivity contribution in [3.8, 4) is 17.2 Å². The number of nitrogens with zero attached hydrogens (tertiary/aromatic N) is 2. The van der Waals surface area contributed by atoms with E-state index in [0.29, 0.717) is 19.2 Å². The smallest absolute Gasteiger partial charge is 0.454 e. The second-order valence-corrected chi connectivity index (χ2v) is 10.3. The van der Waals surface area contributed by atoms with Gasteiger partial charge in [0.25, 0.3) is 0 Å². The lowest BCUT2D eigenvalue weighted by Crippen LogP contribution is -2.44. The molecule has 0 bridgehead atoms. The second-order valence-electron chi connectivity index (χ2n) is 10.3. The van der Waals surface area contributed by atoms with Crippen molar-refractivity contribution in [2.24, 2.45) is 0 Å². The molecular weight excluding hydrogens is 645 g/mol. The number of unbranched alkanes of at least 4 members (excludes halogenated alkanes) is 2. The lowest BCUT2D eigenvalue weighted by Gasteiger charge is -2.27. The summed E-state index contributed by atoms with van der Waals surface area (Å²) >= 11 is 0. The molecule has 0 radical (unpaired) electrons. The first-order chi connectivity index (χ1) is 21.3. The Morgan fingerprint density at radius 3 is 2.00 bits per heavy atom. The molecule has 0 saturated heterocycles. The fourth-order valence-corrected chi connectivity index (χ4v) is 4.75. The topological polar surface area (TPSA) is 55.6 Å². The molecule has 1 heterocycles. The molecule has 0 saturated carbocycles. The van der Waals surface area contributed by atoms with Crippen LogP contribution >= 0.6 is 0 Å². The lowest BCUT2D eigenvalue weighted by atomic mass is 10.0. The normalized spacial score (nSPS) is 13.1. The zero-order valence-electron chi connectivity index (χ0n) is 24.1. The van der Waals surface area contributed by atoms with Crippen LogP contribution in [0, 0.1) is 0 Å². The van der Waals surface area contributed by atoms with Crippen molar-refractivity contribution in [1.82, 2.24) is 4.98 Å². The summed E-state index contributed by atoms with van der Waals surface area (Å²) in [7, 11) is 0. The summed E-state index contributed by atoms with van der Waals surface area (Å²) in [6, 6.07) is 8.02. The molecule has 1 aliphatic heterocycles. The van der Waals surface area contributed by atoms with Crippen molar-refractivity contribution >= 4 is 27.6 Å². The molecule has 5 nitrogen and oxygen atoms in total. The average Bonchev–Trinajstić information content (AvgIpc) is 2.94. The Labute approximate surface area is 253 Å². The third-order valence-corrected chi connectivity index (χ3v) is 7.00. The first-order valence-electron chi connectivity index (χ1n) is 13.9. The van der Waals surface area contributed by atoms with Gasteiger partial charge in [0.2, 0.25) is 5.76 Å². The quantitative estimate of drug-likeness (QED) is 0.0728. The molecular formula is C30H25F11N2O3. The van der Waals surface area contributed by atoms with E-state index in [1.165, 1.54) is 6.07 Å². The van der Waals surface area contributed by atoms with Crippen molar-refractivity contribution in [2.75, 3.05) is 18.0 Å². The fraction of sp³-hybridized carbons (Fsp3) is 0.400. The molecule has 1 aliphatic carbocycles. The van der Waals surface area contributed by atoms with Crippen LogP contribution in [0.1, 0.15) is 39.5 Å². The van der Waals surface area contributed by atoms with Gasteiger partial charge in [-0.1, -0.05) is 38.8 Å². The van der Waals surface area contributed by atoms with Crippen molar-refractivity contribution in [3.05, 3.63) is 64.0 Å². The maximum atomic E-state index is 14.4. The van der Waals surface area contributed by atoms with Crippen molar-refractivity contribution < 1.29 is 57.4 Å². The van der Waals surface area contributed by atoms with E-state index in [1.54, 1.807) is 12.1 Å². The molecule has 0 aromatic heterocycles. The number of aromatic nitrogens is 1. The van der Waals surface area contributed by atoms with Crippen LogP contribution in [-0.2, 0) is 0 Å². The Morgan fingerprint density at radius 2 is 1.46 bits per heavy atom. The summed E-state index contributed by atoms with van der Waals surface area (Å²) in [5.41, 5.74) is -4.72. The van der Waals surface area contributed by atoms with E-state index in [4.69, 9.17) is 4.42 Å². The van der Waals surface area contributed by atoms with E-state index in [1.807, 2.05) is 13.8 Å². The number of alkyl halides is 11. The van der Waals surface area contributed by atoms with Gasteiger partial charge in [-0.2, -0.15) is 48.3 Å². The van der Waals surface area contributed by atoms with Gasteiger partial charge >= 0.3 is 24.5 Å². The molecule has 0 atom stereocenters. The number of fused-ring (bicyclic) bond motifs is 4. The van der Waals surface area contributed by atoms with Crippen molar-refractivity contribution in [3.63, 3.8) is 0 Å². The van der Waals surface area contributed by atoms with E-state index in [9.17, 15) is 53.1 Å². The number of hydrogen-bond acceptors (Lipinski definition) is 5. The van der Waals surface area contributed by atoms with E-state index in [2.05, 4.69) is 14.6 Å². The highest BCUT2D eigenvalue weighted by Crippen LogP contribution is 2.50. The number of halogens is 11. The Balaban J connectivity index is 2.00. The van der Waals surface area contributed by atoms with Crippen LogP contribution in [0.25, 0.3) is 33.3 Å². The summed E-state index contributed by atoms with van der Waals surface area (Å²) in [5.74, 6) is -12.3. The van der Waals surface area contributed by atoms with Crippen LogP contribution in [0.15, 0.2) is 63.0 Å². The Hall–Kier alpha value is -4.11. The zero-order valence-corrected chi connectivity index (χ0v) is 24.1. The van der Waals surface area contributed by atoms with Gasteiger partial charge in [0.1, 0.15) is 17.0 Å². The SMILES string of the molecule is CCCCN(CCCC)c1ccc2nc3c4c(OC(=C(C(F)(F)F)C(F)(F)F)C(F)(F)C(F)(F)F)cccc4c(=O)cc-3oc2c1. The van der Waals surface area contributed by atoms with E-state index < -0.39 is 63.4 Å². The largest absolute Gasteiger partial charge is 0.461 e. The molecule has 0 amide bonds. The van der Waals surface area contributed by atoms with Gasteiger partial charge in [0.05, 0.1) is 5.39 Å². The predicted octanol–water partition coefficient (Wildman–Crippen LogP) is 9.81. The molecule has 2 aromatic carbocycles. The van der Waals surface area contributed by atoms with Crippen LogP contribution in [0.5, 0.6) is 5.75 Å². The second kappa shape index (κ2) is 12.6. The lowest BCUT2D eigenvalue weighted by molar-refractivity contribution is -0.277. The van der Waals surface area contributed by atoms with Gasteiger partial charge in [-0.15, -0.1) is 0 Å². The van der Waals surface area contributed by atoms with Crippen LogP contribution in [0.2, 0.25) is 0 Å². The molecule has 2 aliphatic rings. The highest BCUT2D eigenvalue weighted by atomic mass is 19.4. The third kappa shape index (κ3) is 6.84. The molecule has 0 spiro atoms. The van der Waals surface area contributed by atoms with Gasteiger partial charge in [0.15, 0.2) is 22.3 Å². The van der Waals surface area contributed by atoms with Crippen LogP contribution in [0.4, 0.5) is 54.0 Å². The fourth-order valence-electron chi connectivity index (χ4n) is 4.75. The summed E-state index contributed by atoms with van der Waals surface area (Å²) in [6.45, 7) is 5.44. The Bertz CT molecular complexity index is 1750. The highest BCUT2D eigenvalue weighted by molar-refractivity contribution is 6.00. The standard InChI is InChI=1S/C30H25F11N2O3/c1-3-5-12-43(13-6-4-2)16-10-11-18-21(14-16)45-22-15-19(44)17-8-7-9-20(23(17)24(22)42-18)46-26(27(31,32)30(39,40)41)25(28(33,34)35)29(36,37)38/h7-11,14-15H,3-6,12-13H2,1-2H3. The average molecular weight is 671 g/mol. The summed E-state index contributed by atoms with van der Waals surface area (Å²) in [6.07, 6.45) is -16.9. The van der Waals surface area contributed by atoms with Gasteiger partial charge in [0, 0.05) is 36.3 Å². The number of hydrogen-bond donors (Lipinski definition) is 0. The van der Waals surface area contributed by atoms with Gasteiger partial charge in [-0.25, -0.2) is 4.98 Å². The minimum atomic E-state index is -6.94. The first kappa shape index (κ1) is 34.8. The van der Waals surface area contributed by atoms with Crippen LogP contribution < -0.4 is 15.1 Å². The first-order valence-corrected chi connectivity index (χ1v) is 13.9. The number of rotatable bonds is 10. The molecule has 16 heteroatoms. The Kier molecular flexibility index (Phi) is 9.51. The summed E-state index contributed by atoms with van der Waals surface area (Å²) in [5, 5.41) is -1.25. The molecule has 2 aromatic rings. The van der Waals surface area contributed by atoms with Gasteiger partial charge in [-0.05, 0) is 31.0 Å². The number of benzene rings is 3. The highest BCUT2D eigenvalue weighted by Gasteiger charge is 2.68. The monoisotopic (exact) mass is 670 g/mol. The predicted molar refractivity (Wildman–Crippen MR) is 147 cm³/mol. The number of anilines is 1. The summed E-state index contributed by atoms with van der Waals surface area (Å²) < 4.78 is 160. The molecule has 0 N–H and O–H groups in total. The van der Waals surface area contributed by atoms with Crippen molar-refractivity contribution in [1.29, 1.82) is 0 Å². The molecule has 4 rings (SSSR count). The van der Waals surface area contributed by atoms with E-state index in [0.717, 1.165) is 49.6 Å². The Morgan fingerprint density at radius 1 is 0.848 bits per heavy atom. The third-order valence-electron chi connectivity index (χ3n) is 7.00. The minimum Gasteiger partial charge on any atom is -0.454 e. The maximum Gasteiger partial charge on any atom is 0.461 e. The molecule has 0 fully saturated rings. The zero-order chi connectivity index (χ0) is 34.2. The molecule has 46 heavy (non-hydrogen) atoms. The molecule has 250 valence electrons. The molecule has 0 unspecified atom stereocenters. The summed E-state index contributed by atoms with van der Waals surface area (Å²) in [4.78, 5) is 19.3. The van der Waals surface area contributed by atoms with Crippen LogP contribution in [-0.4, -0.2) is 42.5 Å². The minimum absolute atomic E-state index is 0.0691. The van der Waals surface area contributed by atoms with Crippen LogP contribution in [0.3, 0.4) is 0 Å². The van der Waals surface area contributed by atoms with E-state index in [-0.39, 0.29) is 16.9 Å². The number of ether oxygens (including phenoxy) is 1. The van der Waals surface area contributed by atoms with E-state index >= 15 is 0 Å². The van der Waals surface area contributed by atoms with Crippen molar-refractivity contribution in [2.45, 2.75) is 64.0 Å².